The van der Waals surface area contributed by atoms with Gasteiger partial charge in [0.1, 0.15) is 0 Å². The molecule has 20 heavy (non-hydrogen) atoms. The van der Waals surface area contributed by atoms with Crippen LogP contribution in [0.5, 0.6) is 0 Å². The molecule has 1 aliphatic heterocycles. The predicted molar refractivity (Wildman–Crippen MR) is 76.9 cm³/mol. The summed E-state index contributed by atoms with van der Waals surface area (Å²) >= 11 is 0. The molecule has 0 aliphatic carbocycles. The summed E-state index contributed by atoms with van der Waals surface area (Å²) in [6, 6.07) is 4.86. The molecule has 2 rings (SSSR count). The van der Waals surface area contributed by atoms with Gasteiger partial charge in [0.2, 0.25) is 10.0 Å². The minimum atomic E-state index is -3.80. The average Bonchev–Trinajstić information content (AvgIpc) is 2.37. The molecule has 0 aromatic heterocycles. The van der Waals surface area contributed by atoms with Crippen LogP contribution in [0.1, 0.15) is 42.1 Å². The molecule has 1 aromatic carbocycles. The van der Waals surface area contributed by atoms with Crippen molar-refractivity contribution in [2.24, 2.45) is 5.14 Å². The molecule has 2 N–H and O–H groups in total. The maximum atomic E-state index is 12.5. The monoisotopic (exact) mass is 296 g/mol. The van der Waals surface area contributed by atoms with Crippen molar-refractivity contribution in [3.63, 3.8) is 0 Å². The maximum Gasteiger partial charge on any atom is 0.254 e. The van der Waals surface area contributed by atoms with Crippen molar-refractivity contribution in [2.75, 3.05) is 6.54 Å². The van der Waals surface area contributed by atoms with Crippen LogP contribution in [0.15, 0.2) is 23.1 Å². The number of piperidine rings is 1. The summed E-state index contributed by atoms with van der Waals surface area (Å²) in [5.74, 6) is -0.123. The number of carbonyl (C=O) groups is 1. The fourth-order valence-corrected chi connectivity index (χ4v) is 3.41. The number of carbonyl (C=O) groups excluding carboxylic acids is 1. The summed E-state index contributed by atoms with van der Waals surface area (Å²) < 4.78 is 23.0. The third kappa shape index (κ3) is 3.02. The lowest BCUT2D eigenvalue weighted by molar-refractivity contribution is 0.0635. The first kappa shape index (κ1) is 15.0. The average molecular weight is 296 g/mol. The maximum absolute atomic E-state index is 12.5. The molecule has 1 heterocycles. The summed E-state index contributed by atoms with van der Waals surface area (Å²) in [6.45, 7) is 4.40. The molecule has 1 saturated heterocycles. The van der Waals surface area contributed by atoms with E-state index in [0.717, 1.165) is 25.8 Å². The number of rotatable bonds is 2. The molecule has 0 spiro atoms. The molecule has 5 nitrogen and oxygen atoms in total. The Labute approximate surface area is 119 Å². The first-order valence-corrected chi connectivity index (χ1v) is 8.30. The van der Waals surface area contributed by atoms with Crippen LogP contribution in [-0.4, -0.2) is 31.8 Å². The zero-order chi connectivity index (χ0) is 14.9. The molecule has 0 radical (unpaired) electrons. The standard InChI is InChI=1S/C14H20N2O3S/c1-10-6-7-12(9-13(10)20(15,18)19)14(17)16-8-4-3-5-11(16)2/h6-7,9,11H,3-5,8H2,1-2H3,(H2,15,18,19). The Morgan fingerprint density at radius 2 is 2.05 bits per heavy atom. The van der Waals surface area contributed by atoms with Crippen molar-refractivity contribution in [1.29, 1.82) is 0 Å². The predicted octanol–water partition coefficient (Wildman–Crippen LogP) is 1.66. The van der Waals surface area contributed by atoms with E-state index < -0.39 is 10.0 Å². The van der Waals surface area contributed by atoms with Gasteiger partial charge in [-0.05, 0) is 50.8 Å². The highest BCUT2D eigenvalue weighted by molar-refractivity contribution is 7.89. The van der Waals surface area contributed by atoms with E-state index in [0.29, 0.717) is 11.1 Å². The van der Waals surface area contributed by atoms with Crippen LogP contribution < -0.4 is 5.14 Å². The minimum absolute atomic E-state index is 0.0213. The van der Waals surface area contributed by atoms with Crippen LogP contribution in [0, 0.1) is 6.92 Å². The van der Waals surface area contributed by atoms with Crippen LogP contribution >= 0.6 is 0 Å². The summed E-state index contributed by atoms with van der Waals surface area (Å²) in [5, 5.41) is 5.18. The quantitative estimate of drug-likeness (QED) is 0.901. The van der Waals surface area contributed by atoms with Crippen LogP contribution in [0.3, 0.4) is 0 Å². The van der Waals surface area contributed by atoms with E-state index in [4.69, 9.17) is 5.14 Å². The van der Waals surface area contributed by atoms with Crippen molar-refractivity contribution in [3.05, 3.63) is 29.3 Å². The third-order valence-electron chi connectivity index (χ3n) is 3.81. The zero-order valence-corrected chi connectivity index (χ0v) is 12.6. The van der Waals surface area contributed by atoms with Crippen molar-refractivity contribution in [1.82, 2.24) is 4.90 Å². The lowest BCUT2D eigenvalue weighted by Crippen LogP contribution is -2.42. The largest absolute Gasteiger partial charge is 0.336 e. The Hall–Kier alpha value is -1.40. The van der Waals surface area contributed by atoms with Gasteiger partial charge in [0, 0.05) is 18.2 Å². The van der Waals surface area contributed by atoms with E-state index >= 15 is 0 Å². The Bertz CT molecular complexity index is 625. The summed E-state index contributed by atoms with van der Waals surface area (Å²) in [7, 11) is -3.80. The van der Waals surface area contributed by atoms with E-state index in [1.54, 1.807) is 24.0 Å². The Morgan fingerprint density at radius 3 is 2.65 bits per heavy atom. The fraction of sp³-hybridized carbons (Fsp3) is 0.500. The summed E-state index contributed by atoms with van der Waals surface area (Å²) in [5.41, 5.74) is 0.934. The second kappa shape index (κ2) is 5.54. The molecule has 1 aromatic rings. The highest BCUT2D eigenvalue weighted by Crippen LogP contribution is 2.21. The van der Waals surface area contributed by atoms with Gasteiger partial charge in [-0.2, -0.15) is 0 Å². The molecule has 110 valence electrons. The summed E-state index contributed by atoms with van der Waals surface area (Å²) in [6.07, 6.45) is 3.10. The lowest BCUT2D eigenvalue weighted by Gasteiger charge is -2.33. The second-order valence-corrected chi connectivity index (χ2v) is 6.90. The van der Waals surface area contributed by atoms with Crippen molar-refractivity contribution in [3.8, 4) is 0 Å². The number of primary sulfonamides is 1. The first-order valence-electron chi connectivity index (χ1n) is 6.75. The number of hydrogen-bond donors (Lipinski definition) is 1. The van der Waals surface area contributed by atoms with Gasteiger partial charge >= 0.3 is 0 Å². The normalized spacial score (nSPS) is 19.9. The number of likely N-dealkylation sites (tertiary alicyclic amines) is 1. The van der Waals surface area contributed by atoms with Crippen LogP contribution in [0.4, 0.5) is 0 Å². The van der Waals surface area contributed by atoms with Gasteiger partial charge in [-0.25, -0.2) is 13.6 Å². The van der Waals surface area contributed by atoms with E-state index in [-0.39, 0.29) is 16.8 Å². The molecule has 6 heteroatoms. The van der Waals surface area contributed by atoms with Crippen LogP contribution in [0.2, 0.25) is 0 Å². The lowest BCUT2D eigenvalue weighted by atomic mass is 10.0. The smallest absolute Gasteiger partial charge is 0.254 e. The molecule has 0 saturated carbocycles. The Morgan fingerprint density at radius 1 is 1.35 bits per heavy atom. The van der Waals surface area contributed by atoms with Crippen molar-refractivity contribution < 1.29 is 13.2 Å². The van der Waals surface area contributed by atoms with Gasteiger partial charge in [-0.3, -0.25) is 4.79 Å². The number of hydrogen-bond acceptors (Lipinski definition) is 3. The highest BCUT2D eigenvalue weighted by Gasteiger charge is 2.25. The number of aryl methyl sites for hydroxylation is 1. The molecule has 0 bridgehead atoms. The topological polar surface area (TPSA) is 80.5 Å². The number of sulfonamides is 1. The number of nitrogens with two attached hydrogens (primary N) is 1. The van der Waals surface area contributed by atoms with Gasteiger partial charge in [0.15, 0.2) is 0 Å². The highest BCUT2D eigenvalue weighted by atomic mass is 32.2. The fourth-order valence-electron chi connectivity index (χ4n) is 2.61. The van der Waals surface area contributed by atoms with Crippen LogP contribution in [-0.2, 0) is 10.0 Å². The van der Waals surface area contributed by atoms with Crippen LogP contribution in [0.25, 0.3) is 0 Å². The second-order valence-electron chi connectivity index (χ2n) is 5.37. The summed E-state index contributed by atoms with van der Waals surface area (Å²) in [4.78, 5) is 14.3. The van der Waals surface area contributed by atoms with E-state index in [9.17, 15) is 13.2 Å². The van der Waals surface area contributed by atoms with Gasteiger partial charge in [0.05, 0.1) is 4.90 Å². The molecular formula is C14H20N2O3S. The number of benzene rings is 1. The number of nitrogens with zero attached hydrogens (tertiary/aromatic N) is 1. The van der Waals surface area contributed by atoms with E-state index in [1.165, 1.54) is 6.07 Å². The molecule has 1 amide bonds. The zero-order valence-electron chi connectivity index (χ0n) is 11.8. The van der Waals surface area contributed by atoms with Gasteiger partial charge in [-0.15, -0.1) is 0 Å². The van der Waals surface area contributed by atoms with Gasteiger partial charge in [0.25, 0.3) is 5.91 Å². The SMILES string of the molecule is Cc1ccc(C(=O)N2CCCCC2C)cc1S(N)(=O)=O. The molecule has 1 atom stereocenters. The molecule has 1 fully saturated rings. The molecule has 1 unspecified atom stereocenters. The molecule has 1 aliphatic rings. The Balaban J connectivity index is 2.36. The van der Waals surface area contributed by atoms with Gasteiger partial charge < -0.3 is 4.90 Å². The van der Waals surface area contributed by atoms with Crippen molar-refractivity contribution >= 4 is 15.9 Å². The van der Waals surface area contributed by atoms with Crippen molar-refractivity contribution in [2.45, 2.75) is 44.0 Å². The number of amides is 1. The van der Waals surface area contributed by atoms with E-state index in [1.807, 2.05) is 6.92 Å². The Kier molecular flexibility index (Phi) is 4.15. The third-order valence-corrected chi connectivity index (χ3v) is 4.86. The van der Waals surface area contributed by atoms with Gasteiger partial charge in [-0.1, -0.05) is 6.07 Å². The molecular weight excluding hydrogens is 276 g/mol. The minimum Gasteiger partial charge on any atom is -0.336 e. The first-order chi connectivity index (χ1) is 9.30. The van der Waals surface area contributed by atoms with E-state index in [2.05, 4.69) is 0 Å².